The van der Waals surface area contributed by atoms with Gasteiger partial charge in [-0.25, -0.2) is 0 Å². The summed E-state index contributed by atoms with van der Waals surface area (Å²) in [5, 5.41) is 0. The Morgan fingerprint density at radius 2 is 1.26 bits per heavy atom. The van der Waals surface area contributed by atoms with Crippen molar-refractivity contribution in [2.24, 2.45) is 17.8 Å². The van der Waals surface area contributed by atoms with Crippen LogP contribution in [0.1, 0.15) is 136 Å². The van der Waals surface area contributed by atoms with Gasteiger partial charge in [-0.15, -0.1) is 0 Å². The molecule has 0 saturated heterocycles. The second-order valence-corrected chi connectivity index (χ2v) is 9.89. The Balaban J connectivity index is 1.68. The van der Waals surface area contributed by atoms with Gasteiger partial charge in [-0.2, -0.15) is 0 Å². The molecule has 0 atom stereocenters. The van der Waals surface area contributed by atoms with E-state index in [4.69, 9.17) is 4.74 Å². The maximum absolute atomic E-state index is 6.37. The first-order valence-corrected chi connectivity index (χ1v) is 12.9. The zero-order valence-corrected chi connectivity index (χ0v) is 19.1. The molecule has 2 aliphatic rings. The van der Waals surface area contributed by atoms with Crippen molar-refractivity contribution in [1.29, 1.82) is 0 Å². The molecule has 0 unspecified atom stereocenters. The lowest BCUT2D eigenvalue weighted by Crippen LogP contribution is -2.39. The fraction of sp³-hybridized carbons (Fsp3) is 1.00. The Labute approximate surface area is 171 Å². The van der Waals surface area contributed by atoms with E-state index in [0.29, 0.717) is 0 Å². The highest BCUT2D eigenvalue weighted by molar-refractivity contribution is 4.90. The van der Waals surface area contributed by atoms with Crippen LogP contribution >= 0.6 is 0 Å². The molecule has 2 rings (SSSR count). The van der Waals surface area contributed by atoms with Crippen LogP contribution in [0.15, 0.2) is 0 Å². The van der Waals surface area contributed by atoms with Crippen molar-refractivity contribution in [3.8, 4) is 0 Å². The third-order valence-corrected chi connectivity index (χ3v) is 7.90. The molecule has 1 heteroatoms. The highest BCUT2D eigenvalue weighted by Gasteiger charge is 2.38. The Bertz CT molecular complexity index is 347. The van der Waals surface area contributed by atoms with Gasteiger partial charge in [0.25, 0.3) is 0 Å². The largest absolute Gasteiger partial charge is 0.375 e. The molecule has 0 aromatic heterocycles. The molecule has 0 aromatic rings. The first kappa shape index (κ1) is 23.2. The van der Waals surface area contributed by atoms with E-state index in [1.54, 1.807) is 0 Å². The lowest BCUT2D eigenvalue weighted by molar-refractivity contribution is -0.0855. The van der Waals surface area contributed by atoms with Gasteiger partial charge in [0.2, 0.25) is 0 Å². The van der Waals surface area contributed by atoms with Crippen molar-refractivity contribution < 1.29 is 4.74 Å². The topological polar surface area (TPSA) is 9.23 Å². The fourth-order valence-corrected chi connectivity index (χ4v) is 6.09. The van der Waals surface area contributed by atoms with Gasteiger partial charge >= 0.3 is 0 Å². The maximum atomic E-state index is 6.37. The molecule has 0 aliphatic heterocycles. The van der Waals surface area contributed by atoms with E-state index in [1.165, 1.54) is 116 Å². The number of hydrogen-bond donors (Lipinski definition) is 0. The summed E-state index contributed by atoms with van der Waals surface area (Å²) in [7, 11) is 0. The minimum Gasteiger partial charge on any atom is -0.375 e. The Hall–Kier alpha value is -0.0400. The molecule has 2 aliphatic carbocycles. The van der Waals surface area contributed by atoms with E-state index in [-0.39, 0.29) is 5.60 Å². The van der Waals surface area contributed by atoms with Crippen LogP contribution in [0.5, 0.6) is 0 Å². The van der Waals surface area contributed by atoms with Crippen LogP contribution in [-0.2, 0) is 4.74 Å². The number of rotatable bonds is 13. The number of ether oxygens (including phenoxy) is 1. The molecule has 0 radical (unpaired) electrons. The maximum Gasteiger partial charge on any atom is 0.0682 e. The van der Waals surface area contributed by atoms with E-state index in [0.717, 1.165) is 24.4 Å². The van der Waals surface area contributed by atoms with Gasteiger partial charge < -0.3 is 4.74 Å². The van der Waals surface area contributed by atoms with E-state index in [1.807, 2.05) is 0 Å². The van der Waals surface area contributed by atoms with Crippen molar-refractivity contribution in [2.75, 3.05) is 6.61 Å². The summed E-state index contributed by atoms with van der Waals surface area (Å²) >= 11 is 0. The molecule has 0 spiro atoms. The Morgan fingerprint density at radius 3 is 1.85 bits per heavy atom. The molecule has 1 nitrogen and oxygen atoms in total. The van der Waals surface area contributed by atoms with Crippen LogP contribution in [0, 0.1) is 17.8 Å². The highest BCUT2D eigenvalue weighted by Crippen LogP contribution is 2.45. The predicted molar refractivity (Wildman–Crippen MR) is 119 cm³/mol. The van der Waals surface area contributed by atoms with Crippen molar-refractivity contribution in [3.63, 3.8) is 0 Å². The summed E-state index contributed by atoms with van der Waals surface area (Å²) in [5.74, 6) is 3.11. The molecule has 160 valence electrons. The SMILES string of the molecule is CCCCCCC1CCC(C2CCC(CCCCCC)(OCC)CC2)CC1. The minimum atomic E-state index is 0.246. The van der Waals surface area contributed by atoms with Gasteiger partial charge in [0.05, 0.1) is 5.60 Å². The second-order valence-electron chi connectivity index (χ2n) is 9.89. The smallest absolute Gasteiger partial charge is 0.0682 e. The summed E-state index contributed by atoms with van der Waals surface area (Å²) in [6, 6.07) is 0. The quantitative estimate of drug-likeness (QED) is 0.291. The number of unbranched alkanes of at least 4 members (excludes halogenated alkanes) is 6. The molecule has 0 aromatic carbocycles. The average Bonchev–Trinajstić information content (AvgIpc) is 2.70. The van der Waals surface area contributed by atoms with Gasteiger partial charge in [0.15, 0.2) is 0 Å². The minimum absolute atomic E-state index is 0.246. The van der Waals surface area contributed by atoms with Crippen molar-refractivity contribution >= 4 is 0 Å². The molecule has 2 saturated carbocycles. The summed E-state index contributed by atoms with van der Waals surface area (Å²) in [6.45, 7) is 7.73. The standard InChI is InChI=1S/C26H50O/c1-4-7-9-11-13-23-14-16-24(17-15-23)25-18-21-26(22-19-25,27-6-3)20-12-10-8-5-2/h23-25H,4-22H2,1-3H3. The van der Waals surface area contributed by atoms with E-state index in [9.17, 15) is 0 Å². The third-order valence-electron chi connectivity index (χ3n) is 7.90. The van der Waals surface area contributed by atoms with Crippen LogP contribution in [0.25, 0.3) is 0 Å². The zero-order chi connectivity index (χ0) is 19.4. The monoisotopic (exact) mass is 378 g/mol. The lowest BCUT2D eigenvalue weighted by Gasteiger charge is -2.44. The molecule has 0 heterocycles. The molecular weight excluding hydrogens is 328 g/mol. The Kier molecular flexibility index (Phi) is 11.4. The normalized spacial score (nSPS) is 31.9. The van der Waals surface area contributed by atoms with Gasteiger partial charge in [0.1, 0.15) is 0 Å². The van der Waals surface area contributed by atoms with E-state index < -0.39 is 0 Å². The fourth-order valence-electron chi connectivity index (χ4n) is 6.09. The number of hydrogen-bond acceptors (Lipinski definition) is 1. The predicted octanol–water partition coefficient (Wildman–Crippen LogP) is 8.70. The van der Waals surface area contributed by atoms with Crippen LogP contribution in [-0.4, -0.2) is 12.2 Å². The molecule has 0 bridgehead atoms. The van der Waals surface area contributed by atoms with Crippen LogP contribution < -0.4 is 0 Å². The molecular formula is C26H50O. The van der Waals surface area contributed by atoms with Gasteiger partial charge in [0, 0.05) is 6.61 Å². The van der Waals surface area contributed by atoms with Crippen LogP contribution in [0.3, 0.4) is 0 Å². The van der Waals surface area contributed by atoms with E-state index >= 15 is 0 Å². The molecule has 0 N–H and O–H groups in total. The molecule has 2 fully saturated rings. The van der Waals surface area contributed by atoms with Crippen molar-refractivity contribution in [3.05, 3.63) is 0 Å². The van der Waals surface area contributed by atoms with Gasteiger partial charge in [-0.3, -0.25) is 0 Å². The summed E-state index contributed by atoms with van der Waals surface area (Å²) in [4.78, 5) is 0. The lowest BCUT2D eigenvalue weighted by atomic mass is 9.67. The zero-order valence-electron chi connectivity index (χ0n) is 19.1. The van der Waals surface area contributed by atoms with Gasteiger partial charge in [-0.05, 0) is 69.6 Å². The molecule has 27 heavy (non-hydrogen) atoms. The first-order chi connectivity index (χ1) is 13.2. The summed E-state index contributed by atoms with van der Waals surface area (Å²) in [6.07, 6.45) is 25.8. The van der Waals surface area contributed by atoms with Crippen LogP contribution in [0.2, 0.25) is 0 Å². The van der Waals surface area contributed by atoms with Crippen molar-refractivity contribution in [1.82, 2.24) is 0 Å². The van der Waals surface area contributed by atoms with Crippen LogP contribution in [0.4, 0.5) is 0 Å². The highest BCUT2D eigenvalue weighted by atomic mass is 16.5. The Morgan fingerprint density at radius 1 is 0.667 bits per heavy atom. The summed E-state index contributed by atoms with van der Waals surface area (Å²) < 4.78 is 6.37. The molecule has 0 amide bonds. The second kappa shape index (κ2) is 13.2. The van der Waals surface area contributed by atoms with Gasteiger partial charge in [-0.1, -0.05) is 84.5 Å². The van der Waals surface area contributed by atoms with Crippen molar-refractivity contribution in [2.45, 2.75) is 142 Å². The third kappa shape index (κ3) is 8.08. The summed E-state index contributed by atoms with van der Waals surface area (Å²) in [5.41, 5.74) is 0.246. The average molecular weight is 379 g/mol. The first-order valence-electron chi connectivity index (χ1n) is 12.9. The van der Waals surface area contributed by atoms with E-state index in [2.05, 4.69) is 20.8 Å².